The Morgan fingerprint density at radius 1 is 1.00 bits per heavy atom. The molecule has 0 amide bonds. The molecule has 0 saturated carbocycles. The van der Waals surface area contributed by atoms with Gasteiger partial charge in [-0.25, -0.2) is 4.39 Å². The van der Waals surface area contributed by atoms with Crippen molar-refractivity contribution in [2.24, 2.45) is 0 Å². The second kappa shape index (κ2) is 7.56. The number of aromatic nitrogens is 1. The Bertz CT molecular complexity index is 1110. The van der Waals surface area contributed by atoms with E-state index >= 15 is 0 Å². The van der Waals surface area contributed by atoms with Gasteiger partial charge < -0.3 is 15.2 Å². The molecule has 5 heteroatoms. The maximum Gasteiger partial charge on any atom is 0.147 e. The number of pyridine rings is 1. The summed E-state index contributed by atoms with van der Waals surface area (Å²) in [5, 5.41) is 15.2. The number of fused-ring (bicyclic) bond motifs is 1. The molecule has 1 aromatic heterocycles. The first kappa shape index (κ1) is 17.8. The minimum atomic E-state index is -0.404. The molecule has 3 aromatic carbocycles. The largest absolute Gasteiger partial charge is 0.505 e. The summed E-state index contributed by atoms with van der Waals surface area (Å²) in [7, 11) is 1.61. The smallest absolute Gasteiger partial charge is 0.147 e. The number of halogens is 1. The lowest BCUT2D eigenvalue weighted by Crippen LogP contribution is -2.13. The summed E-state index contributed by atoms with van der Waals surface area (Å²) in [6, 6.07) is 20.8. The molecule has 4 aromatic rings. The molecule has 0 fully saturated rings. The number of rotatable bonds is 5. The number of phenols is 1. The predicted molar refractivity (Wildman–Crippen MR) is 108 cm³/mol. The molecule has 0 spiro atoms. The van der Waals surface area contributed by atoms with Crippen LogP contribution in [-0.2, 0) is 0 Å². The molecular weight excluding hydrogens is 355 g/mol. The second-order valence-corrected chi connectivity index (χ2v) is 6.44. The highest BCUT2D eigenvalue weighted by atomic mass is 19.1. The van der Waals surface area contributed by atoms with Gasteiger partial charge in [0, 0.05) is 28.9 Å². The van der Waals surface area contributed by atoms with Crippen LogP contribution in [0.15, 0.2) is 79.0 Å². The van der Waals surface area contributed by atoms with Crippen LogP contribution in [0.1, 0.15) is 17.2 Å². The highest BCUT2D eigenvalue weighted by Gasteiger charge is 2.20. The first-order valence-corrected chi connectivity index (χ1v) is 8.88. The Morgan fingerprint density at radius 3 is 2.61 bits per heavy atom. The van der Waals surface area contributed by atoms with Gasteiger partial charge in [-0.2, -0.15) is 0 Å². The van der Waals surface area contributed by atoms with Gasteiger partial charge in [-0.1, -0.05) is 36.4 Å². The van der Waals surface area contributed by atoms with Crippen molar-refractivity contribution in [1.29, 1.82) is 0 Å². The SMILES string of the molecule is COc1cccc(NC(c2ccc(F)cc2)c2ccc3cccnc3c2O)c1. The van der Waals surface area contributed by atoms with E-state index in [9.17, 15) is 9.50 Å². The topological polar surface area (TPSA) is 54.4 Å². The predicted octanol–water partition coefficient (Wildman–Crippen LogP) is 5.29. The first-order valence-electron chi connectivity index (χ1n) is 8.88. The van der Waals surface area contributed by atoms with E-state index in [1.807, 2.05) is 48.5 Å². The van der Waals surface area contributed by atoms with Gasteiger partial charge in [-0.15, -0.1) is 0 Å². The van der Waals surface area contributed by atoms with Crippen LogP contribution in [0.3, 0.4) is 0 Å². The van der Waals surface area contributed by atoms with Crippen LogP contribution in [0.2, 0.25) is 0 Å². The molecule has 4 rings (SSSR count). The maximum atomic E-state index is 13.5. The van der Waals surface area contributed by atoms with Crippen LogP contribution < -0.4 is 10.1 Å². The fourth-order valence-corrected chi connectivity index (χ4v) is 3.25. The summed E-state index contributed by atoms with van der Waals surface area (Å²) in [5.74, 6) is 0.503. The Balaban J connectivity index is 1.83. The first-order chi connectivity index (χ1) is 13.7. The molecule has 0 aliphatic heterocycles. The maximum absolute atomic E-state index is 13.5. The molecule has 1 atom stereocenters. The Kier molecular flexibility index (Phi) is 4.81. The van der Waals surface area contributed by atoms with Crippen molar-refractivity contribution < 1.29 is 14.2 Å². The molecule has 0 bridgehead atoms. The molecule has 140 valence electrons. The van der Waals surface area contributed by atoms with Gasteiger partial charge in [0.1, 0.15) is 22.8 Å². The van der Waals surface area contributed by atoms with Crippen molar-refractivity contribution in [3.63, 3.8) is 0 Å². The monoisotopic (exact) mass is 374 g/mol. The van der Waals surface area contributed by atoms with E-state index in [1.165, 1.54) is 12.1 Å². The van der Waals surface area contributed by atoms with E-state index in [2.05, 4.69) is 10.3 Å². The number of nitrogens with zero attached hydrogens (tertiary/aromatic N) is 1. The third-order valence-electron chi connectivity index (χ3n) is 4.67. The van der Waals surface area contributed by atoms with E-state index in [-0.39, 0.29) is 11.6 Å². The zero-order valence-electron chi connectivity index (χ0n) is 15.3. The Hall–Kier alpha value is -3.60. The van der Waals surface area contributed by atoms with Crippen molar-refractivity contribution in [2.75, 3.05) is 12.4 Å². The third-order valence-corrected chi connectivity index (χ3v) is 4.67. The van der Waals surface area contributed by atoms with Gasteiger partial charge in [0.05, 0.1) is 13.2 Å². The minimum absolute atomic E-state index is 0.0998. The lowest BCUT2D eigenvalue weighted by Gasteiger charge is -2.23. The summed E-state index contributed by atoms with van der Waals surface area (Å²) in [4.78, 5) is 4.31. The van der Waals surface area contributed by atoms with Crippen molar-refractivity contribution >= 4 is 16.6 Å². The molecule has 4 nitrogen and oxygen atoms in total. The molecule has 1 unspecified atom stereocenters. The number of ether oxygens (including phenoxy) is 1. The van der Waals surface area contributed by atoms with Crippen LogP contribution in [-0.4, -0.2) is 17.2 Å². The number of anilines is 1. The van der Waals surface area contributed by atoms with Crippen molar-refractivity contribution in [3.8, 4) is 11.5 Å². The number of nitrogens with one attached hydrogen (secondary N) is 1. The highest BCUT2D eigenvalue weighted by Crippen LogP contribution is 2.36. The fourth-order valence-electron chi connectivity index (χ4n) is 3.25. The van der Waals surface area contributed by atoms with E-state index in [0.29, 0.717) is 16.8 Å². The number of methoxy groups -OCH3 is 1. The average molecular weight is 374 g/mol. The lowest BCUT2D eigenvalue weighted by atomic mass is 9.96. The standard InChI is InChI=1S/C23H19FN2O2/c1-28-19-6-2-5-18(14-19)26-21(16-7-10-17(24)11-8-16)20-12-9-15-4-3-13-25-22(15)23(20)27/h2-14,21,26-27H,1H3. The minimum Gasteiger partial charge on any atom is -0.505 e. The zero-order valence-corrected chi connectivity index (χ0v) is 15.3. The Labute approximate surface area is 162 Å². The van der Waals surface area contributed by atoms with Crippen LogP contribution >= 0.6 is 0 Å². The van der Waals surface area contributed by atoms with E-state index in [0.717, 1.165) is 16.6 Å². The van der Waals surface area contributed by atoms with Gasteiger partial charge in [-0.3, -0.25) is 4.98 Å². The summed E-state index contributed by atoms with van der Waals surface area (Å²) in [6.07, 6.45) is 1.65. The van der Waals surface area contributed by atoms with E-state index in [1.54, 1.807) is 25.4 Å². The molecule has 0 radical (unpaired) electrons. The number of benzene rings is 3. The van der Waals surface area contributed by atoms with Crippen molar-refractivity contribution in [3.05, 3.63) is 95.9 Å². The molecule has 1 heterocycles. The van der Waals surface area contributed by atoms with Gasteiger partial charge in [0.25, 0.3) is 0 Å². The summed E-state index contributed by atoms with van der Waals surface area (Å²) in [6.45, 7) is 0. The number of phenolic OH excluding ortho intramolecular Hbond substituents is 1. The fraction of sp³-hybridized carbons (Fsp3) is 0.0870. The molecule has 2 N–H and O–H groups in total. The number of aromatic hydroxyl groups is 1. The van der Waals surface area contributed by atoms with Crippen LogP contribution in [0.4, 0.5) is 10.1 Å². The Morgan fingerprint density at radius 2 is 1.82 bits per heavy atom. The van der Waals surface area contributed by atoms with Crippen molar-refractivity contribution in [2.45, 2.75) is 6.04 Å². The van der Waals surface area contributed by atoms with E-state index < -0.39 is 6.04 Å². The van der Waals surface area contributed by atoms with Gasteiger partial charge in [0.2, 0.25) is 0 Å². The van der Waals surface area contributed by atoms with Crippen LogP contribution in [0.5, 0.6) is 11.5 Å². The van der Waals surface area contributed by atoms with Gasteiger partial charge in [-0.05, 0) is 35.9 Å². The lowest BCUT2D eigenvalue weighted by molar-refractivity contribution is 0.415. The summed E-state index contributed by atoms with van der Waals surface area (Å²) < 4.78 is 18.8. The average Bonchev–Trinajstić information content (AvgIpc) is 2.74. The normalized spacial score (nSPS) is 11.9. The summed E-state index contributed by atoms with van der Waals surface area (Å²) in [5.41, 5.74) is 2.81. The highest BCUT2D eigenvalue weighted by molar-refractivity contribution is 5.86. The van der Waals surface area contributed by atoms with E-state index in [4.69, 9.17) is 4.74 Å². The second-order valence-electron chi connectivity index (χ2n) is 6.44. The zero-order chi connectivity index (χ0) is 19.5. The third kappa shape index (κ3) is 3.47. The molecule has 0 aliphatic rings. The quantitative estimate of drug-likeness (QED) is 0.498. The summed E-state index contributed by atoms with van der Waals surface area (Å²) >= 11 is 0. The number of hydrogen-bond donors (Lipinski definition) is 2. The van der Waals surface area contributed by atoms with Crippen molar-refractivity contribution in [1.82, 2.24) is 4.98 Å². The van der Waals surface area contributed by atoms with Crippen LogP contribution in [0, 0.1) is 5.82 Å². The molecular formula is C23H19FN2O2. The molecule has 28 heavy (non-hydrogen) atoms. The molecule has 0 aliphatic carbocycles. The van der Waals surface area contributed by atoms with Crippen LogP contribution in [0.25, 0.3) is 10.9 Å². The van der Waals surface area contributed by atoms with Gasteiger partial charge in [0.15, 0.2) is 0 Å². The number of hydrogen-bond acceptors (Lipinski definition) is 4. The molecule has 0 saturated heterocycles. The van der Waals surface area contributed by atoms with Gasteiger partial charge >= 0.3 is 0 Å².